The molecule has 0 aliphatic carbocycles. The van der Waals surface area contributed by atoms with Crippen LogP contribution < -0.4 is 10.5 Å². The zero-order valence-corrected chi connectivity index (χ0v) is 14.3. The van der Waals surface area contributed by atoms with Gasteiger partial charge in [0.25, 0.3) is 0 Å². The number of ether oxygens (including phenoxy) is 1. The number of nitrogens with zero attached hydrogens (tertiary/aromatic N) is 2. The molecule has 3 rings (SSSR count). The molecule has 2 unspecified atom stereocenters. The molecule has 116 valence electrons. The minimum absolute atomic E-state index is 0.327. The highest BCUT2D eigenvalue weighted by Crippen LogP contribution is 2.37. The topological polar surface area (TPSA) is 41.7 Å². The van der Waals surface area contributed by atoms with Crippen LogP contribution in [0.15, 0.2) is 22.7 Å². The lowest BCUT2D eigenvalue weighted by atomic mass is 10.00. The van der Waals surface area contributed by atoms with Gasteiger partial charge < -0.3 is 10.5 Å². The summed E-state index contributed by atoms with van der Waals surface area (Å²) in [5.74, 6) is 1.56. The molecule has 0 saturated carbocycles. The van der Waals surface area contributed by atoms with Gasteiger partial charge in [-0.15, -0.1) is 0 Å². The largest absolute Gasteiger partial charge is 0.487 e. The van der Waals surface area contributed by atoms with E-state index in [2.05, 4.69) is 58.0 Å². The molecule has 2 aliphatic rings. The Morgan fingerprint density at radius 3 is 2.62 bits per heavy atom. The maximum atomic E-state index is 6.02. The van der Waals surface area contributed by atoms with Crippen molar-refractivity contribution in [3.05, 3.63) is 28.2 Å². The highest BCUT2D eigenvalue weighted by molar-refractivity contribution is 9.10. The van der Waals surface area contributed by atoms with Gasteiger partial charge >= 0.3 is 0 Å². The lowest BCUT2D eigenvalue weighted by molar-refractivity contribution is 0.0383. The molecule has 2 fully saturated rings. The first-order chi connectivity index (χ1) is 10.1. The quantitative estimate of drug-likeness (QED) is 0.899. The highest BCUT2D eigenvalue weighted by Gasteiger charge is 2.30. The van der Waals surface area contributed by atoms with Crippen LogP contribution in [0.25, 0.3) is 0 Å². The van der Waals surface area contributed by atoms with Crippen LogP contribution in [-0.2, 0) is 0 Å². The number of likely N-dealkylation sites (N-methyl/N-ethyl adjacent to an activating group) is 1. The van der Waals surface area contributed by atoms with Crippen molar-refractivity contribution >= 4 is 15.9 Å². The Kier molecular flexibility index (Phi) is 4.54. The lowest BCUT2D eigenvalue weighted by Gasteiger charge is -2.36. The molecule has 2 atom stereocenters. The van der Waals surface area contributed by atoms with Crippen molar-refractivity contribution in [3.63, 3.8) is 0 Å². The molecule has 1 aromatic rings. The second-order valence-corrected chi connectivity index (χ2v) is 7.30. The van der Waals surface area contributed by atoms with E-state index in [-0.39, 0.29) is 0 Å². The van der Waals surface area contributed by atoms with Gasteiger partial charge in [-0.3, -0.25) is 9.80 Å². The summed E-state index contributed by atoms with van der Waals surface area (Å²) in [6.45, 7) is 3.89. The van der Waals surface area contributed by atoms with E-state index in [4.69, 9.17) is 10.5 Å². The first-order valence-electron chi connectivity index (χ1n) is 7.61. The first kappa shape index (κ1) is 15.3. The number of halogens is 1. The second-order valence-electron chi connectivity index (χ2n) is 6.44. The number of benzene rings is 1. The van der Waals surface area contributed by atoms with Crippen molar-refractivity contribution in [2.45, 2.75) is 18.6 Å². The third-order valence-electron chi connectivity index (χ3n) is 4.63. The minimum atomic E-state index is 0.327. The Labute approximate surface area is 135 Å². The minimum Gasteiger partial charge on any atom is -0.487 e. The predicted octanol–water partition coefficient (Wildman–Crippen LogP) is 2.09. The Bertz CT molecular complexity index is 504. The molecular formula is C16H24BrN3O. The molecular weight excluding hydrogens is 330 g/mol. The summed E-state index contributed by atoms with van der Waals surface area (Å²) in [5.41, 5.74) is 7.16. The fraction of sp³-hybridized carbons (Fsp3) is 0.625. The van der Waals surface area contributed by atoms with Crippen LogP contribution in [0.2, 0.25) is 0 Å². The smallest absolute Gasteiger partial charge is 0.134 e. The van der Waals surface area contributed by atoms with Crippen molar-refractivity contribution in [1.29, 1.82) is 0 Å². The Morgan fingerprint density at radius 2 is 2.05 bits per heavy atom. The maximum Gasteiger partial charge on any atom is 0.134 e. The summed E-state index contributed by atoms with van der Waals surface area (Å²) in [4.78, 5) is 4.66. The van der Waals surface area contributed by atoms with E-state index in [9.17, 15) is 0 Å². The molecule has 2 N–H and O–H groups in total. The number of rotatable bonds is 4. The predicted molar refractivity (Wildman–Crippen MR) is 88.6 cm³/mol. The number of hydrogen-bond donors (Lipinski definition) is 1. The van der Waals surface area contributed by atoms with E-state index in [0.717, 1.165) is 42.8 Å². The molecule has 4 nitrogen and oxygen atoms in total. The third kappa shape index (κ3) is 3.26. The normalized spacial score (nSPS) is 27.8. The van der Waals surface area contributed by atoms with E-state index < -0.39 is 0 Å². The summed E-state index contributed by atoms with van der Waals surface area (Å²) in [6.07, 6.45) is 1.47. The van der Waals surface area contributed by atoms with Crippen molar-refractivity contribution in [2.75, 3.05) is 40.3 Å². The van der Waals surface area contributed by atoms with Crippen molar-refractivity contribution in [1.82, 2.24) is 9.80 Å². The van der Waals surface area contributed by atoms with E-state index in [1.165, 1.54) is 5.56 Å². The van der Waals surface area contributed by atoms with Crippen LogP contribution >= 0.6 is 15.9 Å². The average molecular weight is 354 g/mol. The Morgan fingerprint density at radius 1 is 1.29 bits per heavy atom. The Balaban J connectivity index is 1.69. The first-order valence-corrected chi connectivity index (χ1v) is 8.41. The van der Waals surface area contributed by atoms with E-state index in [0.29, 0.717) is 18.1 Å². The van der Waals surface area contributed by atoms with Gasteiger partial charge in [-0.2, -0.15) is 0 Å². The monoisotopic (exact) mass is 353 g/mol. The van der Waals surface area contributed by atoms with Crippen LogP contribution in [0.4, 0.5) is 0 Å². The zero-order chi connectivity index (χ0) is 15.0. The zero-order valence-electron chi connectivity index (χ0n) is 12.8. The molecule has 2 aliphatic heterocycles. The van der Waals surface area contributed by atoms with Crippen LogP contribution in [0, 0.1) is 5.92 Å². The number of nitrogens with two attached hydrogens (primary N) is 1. The number of likely N-dealkylation sites (tertiary alicyclic amines) is 2. The third-order valence-corrected chi connectivity index (χ3v) is 5.25. The van der Waals surface area contributed by atoms with E-state index >= 15 is 0 Å². The molecule has 1 aromatic carbocycles. The Hall–Kier alpha value is -0.620. The maximum absolute atomic E-state index is 6.02. The molecule has 0 spiro atoms. The van der Waals surface area contributed by atoms with Gasteiger partial charge in [0.2, 0.25) is 0 Å². The second kappa shape index (κ2) is 6.24. The van der Waals surface area contributed by atoms with E-state index in [1.54, 1.807) is 0 Å². The summed E-state index contributed by atoms with van der Waals surface area (Å²) < 4.78 is 7.07. The van der Waals surface area contributed by atoms with Gasteiger partial charge in [0, 0.05) is 25.7 Å². The summed E-state index contributed by atoms with van der Waals surface area (Å²) >= 11 is 3.66. The lowest BCUT2D eigenvalue weighted by Crippen LogP contribution is -2.51. The van der Waals surface area contributed by atoms with Crippen LogP contribution in [-0.4, -0.2) is 56.2 Å². The standard InChI is InChI=1S/C16H24BrN3O/c1-19-9-13(10-19)21-16-4-3-12(6-14(16)17)15-5-11(7-18)8-20(15)2/h3-4,6,11,13,15H,5,7-10,18H2,1-2H3. The summed E-state index contributed by atoms with van der Waals surface area (Å²) in [5, 5.41) is 0. The SMILES string of the molecule is CN1CC(Oc2ccc(C3CC(CN)CN3C)cc2Br)C1. The molecule has 0 bridgehead atoms. The van der Waals surface area contributed by atoms with Gasteiger partial charge in [-0.25, -0.2) is 0 Å². The van der Waals surface area contributed by atoms with Gasteiger partial charge in [0.15, 0.2) is 0 Å². The molecule has 21 heavy (non-hydrogen) atoms. The summed E-state index contributed by atoms with van der Waals surface area (Å²) in [6, 6.07) is 6.97. The molecule has 2 saturated heterocycles. The van der Waals surface area contributed by atoms with Crippen LogP contribution in [0.1, 0.15) is 18.0 Å². The fourth-order valence-electron chi connectivity index (χ4n) is 3.38. The summed E-state index contributed by atoms with van der Waals surface area (Å²) in [7, 11) is 4.30. The van der Waals surface area contributed by atoms with Crippen molar-refractivity contribution < 1.29 is 4.74 Å². The van der Waals surface area contributed by atoms with Crippen molar-refractivity contribution in [3.8, 4) is 5.75 Å². The molecule has 0 radical (unpaired) electrons. The average Bonchev–Trinajstić information content (AvgIpc) is 2.80. The van der Waals surface area contributed by atoms with Crippen LogP contribution in [0.5, 0.6) is 5.75 Å². The highest BCUT2D eigenvalue weighted by atomic mass is 79.9. The van der Waals surface area contributed by atoms with Crippen molar-refractivity contribution in [2.24, 2.45) is 11.7 Å². The molecule has 5 heteroatoms. The van der Waals surface area contributed by atoms with Gasteiger partial charge in [0.05, 0.1) is 4.47 Å². The number of hydrogen-bond acceptors (Lipinski definition) is 4. The van der Waals surface area contributed by atoms with Crippen LogP contribution in [0.3, 0.4) is 0 Å². The molecule has 0 amide bonds. The fourth-order valence-corrected chi connectivity index (χ4v) is 3.87. The molecule has 2 heterocycles. The van der Waals surface area contributed by atoms with Gasteiger partial charge in [-0.1, -0.05) is 6.07 Å². The molecule has 0 aromatic heterocycles. The van der Waals surface area contributed by atoms with Gasteiger partial charge in [0.1, 0.15) is 11.9 Å². The van der Waals surface area contributed by atoms with Gasteiger partial charge in [-0.05, 0) is 66.6 Å². The van der Waals surface area contributed by atoms with E-state index in [1.807, 2.05) is 0 Å².